The number of hydrogen-bond donors (Lipinski definition) is 1. The first-order valence-corrected chi connectivity index (χ1v) is 12.6. The number of sulfonamides is 2. The van der Waals surface area contributed by atoms with E-state index < -0.39 is 25.0 Å². The number of non-ortho nitro benzene ring substituents is 1. The summed E-state index contributed by atoms with van der Waals surface area (Å²) < 4.78 is 55.6. The molecule has 32 heavy (non-hydrogen) atoms. The van der Waals surface area contributed by atoms with Crippen LogP contribution in [-0.2, 0) is 26.5 Å². The summed E-state index contributed by atoms with van der Waals surface area (Å²) in [5, 5.41) is 10.8. The highest BCUT2D eigenvalue weighted by atomic mass is 32.2. The molecule has 0 saturated heterocycles. The van der Waals surface area contributed by atoms with Gasteiger partial charge in [-0.1, -0.05) is 24.3 Å². The number of rotatable bonds is 6. The molecule has 1 aliphatic heterocycles. The van der Waals surface area contributed by atoms with Crippen molar-refractivity contribution in [3.8, 4) is 0 Å². The van der Waals surface area contributed by atoms with Gasteiger partial charge in [0, 0.05) is 18.7 Å². The van der Waals surface area contributed by atoms with Crippen LogP contribution in [0.4, 0.5) is 17.1 Å². The summed E-state index contributed by atoms with van der Waals surface area (Å²) in [5.74, 6) is 0. The van der Waals surface area contributed by atoms with Gasteiger partial charge in [-0.25, -0.2) is 16.8 Å². The summed E-state index contributed by atoms with van der Waals surface area (Å²) in [6.45, 7) is 0.281. The van der Waals surface area contributed by atoms with E-state index in [9.17, 15) is 26.9 Å². The van der Waals surface area contributed by atoms with E-state index in [0.29, 0.717) is 18.5 Å². The molecule has 3 aromatic carbocycles. The van der Waals surface area contributed by atoms with Crippen molar-refractivity contribution in [2.75, 3.05) is 15.6 Å². The van der Waals surface area contributed by atoms with Crippen molar-refractivity contribution < 1.29 is 21.8 Å². The molecule has 1 aliphatic rings. The Morgan fingerprint density at radius 1 is 0.875 bits per heavy atom. The van der Waals surface area contributed by atoms with E-state index in [1.54, 1.807) is 30.3 Å². The molecule has 0 atom stereocenters. The van der Waals surface area contributed by atoms with E-state index in [-0.39, 0.29) is 27.7 Å². The lowest BCUT2D eigenvalue weighted by Crippen LogP contribution is -2.35. The third-order valence-electron chi connectivity index (χ3n) is 5.10. The van der Waals surface area contributed by atoms with Gasteiger partial charge in [-0.2, -0.15) is 0 Å². The Labute approximate surface area is 185 Å². The topological polar surface area (TPSA) is 127 Å². The summed E-state index contributed by atoms with van der Waals surface area (Å²) in [5.41, 5.74) is 1.19. The van der Waals surface area contributed by atoms with Crippen LogP contribution >= 0.6 is 0 Å². The SMILES string of the molecule is O=[N+]([O-])c1ccc(S(=O)(=O)Nc2ccc3c(c2)N(S(=O)(=O)c2ccccc2)CCC3)cc1. The second-order valence-corrected chi connectivity index (χ2v) is 10.7. The molecule has 0 fully saturated rings. The number of nitro benzene ring substituents is 1. The molecule has 0 aliphatic carbocycles. The standard InChI is InChI=1S/C21H19N3O6S2/c25-24(26)18-10-12-19(13-11-18)31(27,28)22-17-9-8-16-5-4-14-23(21(16)15-17)32(29,30)20-6-2-1-3-7-20/h1-3,6-13,15,22H,4-5,14H2. The molecule has 0 aromatic heterocycles. The first-order valence-electron chi connectivity index (χ1n) is 9.66. The average molecular weight is 474 g/mol. The Balaban J connectivity index is 1.67. The molecule has 4 rings (SSSR count). The second kappa shape index (κ2) is 8.24. The second-order valence-electron chi connectivity index (χ2n) is 7.19. The van der Waals surface area contributed by atoms with E-state index in [0.717, 1.165) is 29.8 Å². The van der Waals surface area contributed by atoms with Gasteiger partial charge in [0.05, 0.1) is 26.1 Å². The monoisotopic (exact) mass is 473 g/mol. The van der Waals surface area contributed by atoms with Gasteiger partial charge in [0.15, 0.2) is 0 Å². The molecular formula is C21H19N3O6S2. The maximum absolute atomic E-state index is 13.2. The van der Waals surface area contributed by atoms with Gasteiger partial charge in [-0.05, 0) is 54.8 Å². The van der Waals surface area contributed by atoms with Crippen molar-refractivity contribution in [1.29, 1.82) is 0 Å². The van der Waals surface area contributed by atoms with E-state index in [2.05, 4.69) is 4.72 Å². The van der Waals surface area contributed by atoms with Crippen molar-refractivity contribution in [1.82, 2.24) is 0 Å². The summed E-state index contributed by atoms with van der Waals surface area (Å²) in [7, 11) is -7.84. The van der Waals surface area contributed by atoms with Gasteiger partial charge in [0.1, 0.15) is 0 Å². The van der Waals surface area contributed by atoms with Crippen LogP contribution in [0.3, 0.4) is 0 Å². The molecule has 0 unspecified atom stereocenters. The Kier molecular flexibility index (Phi) is 5.61. The number of nitro groups is 1. The van der Waals surface area contributed by atoms with Gasteiger partial charge in [0.25, 0.3) is 25.7 Å². The first-order chi connectivity index (χ1) is 15.2. The Hall–Kier alpha value is -3.44. The fraction of sp³-hybridized carbons (Fsp3) is 0.143. The van der Waals surface area contributed by atoms with Gasteiger partial charge in [-0.3, -0.25) is 19.1 Å². The van der Waals surface area contributed by atoms with E-state index in [1.165, 1.54) is 22.5 Å². The fourth-order valence-electron chi connectivity index (χ4n) is 3.53. The molecule has 1 N–H and O–H groups in total. The average Bonchev–Trinajstić information content (AvgIpc) is 2.79. The zero-order chi connectivity index (χ0) is 22.9. The summed E-state index contributed by atoms with van der Waals surface area (Å²) in [6, 6.07) is 17.3. The highest BCUT2D eigenvalue weighted by molar-refractivity contribution is 7.93. The summed E-state index contributed by atoms with van der Waals surface area (Å²) >= 11 is 0. The maximum Gasteiger partial charge on any atom is 0.269 e. The number of aryl methyl sites for hydroxylation is 1. The van der Waals surface area contributed by atoms with Crippen molar-refractivity contribution >= 4 is 37.1 Å². The first kappa shape index (κ1) is 21.8. The predicted molar refractivity (Wildman–Crippen MR) is 120 cm³/mol. The van der Waals surface area contributed by atoms with Crippen LogP contribution in [0.25, 0.3) is 0 Å². The van der Waals surface area contributed by atoms with Crippen LogP contribution in [0.15, 0.2) is 82.6 Å². The van der Waals surface area contributed by atoms with Crippen molar-refractivity contribution in [3.63, 3.8) is 0 Å². The highest BCUT2D eigenvalue weighted by Crippen LogP contribution is 2.34. The largest absolute Gasteiger partial charge is 0.280 e. The molecule has 0 radical (unpaired) electrons. The molecule has 3 aromatic rings. The zero-order valence-corrected chi connectivity index (χ0v) is 18.3. The molecule has 166 valence electrons. The normalized spacial score (nSPS) is 13.9. The lowest BCUT2D eigenvalue weighted by Gasteiger charge is -2.31. The van der Waals surface area contributed by atoms with Gasteiger partial charge >= 0.3 is 0 Å². The fourth-order valence-corrected chi connectivity index (χ4v) is 6.14. The van der Waals surface area contributed by atoms with E-state index in [4.69, 9.17) is 0 Å². The summed E-state index contributed by atoms with van der Waals surface area (Å²) in [4.78, 5) is 10.2. The van der Waals surface area contributed by atoms with Crippen molar-refractivity contribution in [2.24, 2.45) is 0 Å². The van der Waals surface area contributed by atoms with Crippen LogP contribution < -0.4 is 9.03 Å². The number of nitrogens with zero attached hydrogens (tertiary/aromatic N) is 2. The predicted octanol–water partition coefficient (Wildman–Crippen LogP) is 3.54. The molecule has 0 amide bonds. The molecule has 1 heterocycles. The number of hydrogen-bond acceptors (Lipinski definition) is 6. The number of benzene rings is 3. The van der Waals surface area contributed by atoms with Crippen LogP contribution in [-0.4, -0.2) is 28.3 Å². The quantitative estimate of drug-likeness (QED) is 0.431. The number of fused-ring (bicyclic) bond motifs is 1. The van der Waals surface area contributed by atoms with Gasteiger partial charge in [-0.15, -0.1) is 0 Å². The molecule has 0 spiro atoms. The third-order valence-corrected chi connectivity index (χ3v) is 8.33. The molecule has 9 nitrogen and oxygen atoms in total. The highest BCUT2D eigenvalue weighted by Gasteiger charge is 2.29. The van der Waals surface area contributed by atoms with Crippen LogP contribution in [0, 0.1) is 10.1 Å². The van der Waals surface area contributed by atoms with Gasteiger partial charge < -0.3 is 0 Å². The zero-order valence-electron chi connectivity index (χ0n) is 16.7. The third kappa shape index (κ3) is 4.16. The van der Waals surface area contributed by atoms with Gasteiger partial charge in [0.2, 0.25) is 0 Å². The number of anilines is 2. The smallest absolute Gasteiger partial charge is 0.269 e. The van der Waals surface area contributed by atoms with E-state index >= 15 is 0 Å². The van der Waals surface area contributed by atoms with Crippen LogP contribution in [0.5, 0.6) is 0 Å². The van der Waals surface area contributed by atoms with Crippen LogP contribution in [0.1, 0.15) is 12.0 Å². The molecular weight excluding hydrogens is 454 g/mol. The Morgan fingerprint density at radius 2 is 1.56 bits per heavy atom. The molecule has 0 saturated carbocycles. The lowest BCUT2D eigenvalue weighted by atomic mass is 10.0. The Morgan fingerprint density at radius 3 is 2.22 bits per heavy atom. The summed E-state index contributed by atoms with van der Waals surface area (Å²) in [6.07, 6.45) is 1.32. The van der Waals surface area contributed by atoms with Crippen molar-refractivity contribution in [2.45, 2.75) is 22.6 Å². The maximum atomic E-state index is 13.2. The Bertz CT molecular complexity index is 1370. The minimum absolute atomic E-state index is 0.144. The van der Waals surface area contributed by atoms with Crippen LogP contribution in [0.2, 0.25) is 0 Å². The minimum atomic E-state index is -4.03. The van der Waals surface area contributed by atoms with E-state index in [1.807, 2.05) is 0 Å². The number of nitrogens with one attached hydrogen (secondary N) is 1. The molecule has 0 bridgehead atoms. The lowest BCUT2D eigenvalue weighted by molar-refractivity contribution is -0.384. The molecule has 11 heteroatoms. The minimum Gasteiger partial charge on any atom is -0.280 e. The van der Waals surface area contributed by atoms with Crippen molar-refractivity contribution in [3.05, 3.63) is 88.5 Å².